The van der Waals surface area contributed by atoms with E-state index in [2.05, 4.69) is 47.4 Å². The van der Waals surface area contributed by atoms with Crippen molar-refractivity contribution in [3.63, 3.8) is 0 Å². The topological polar surface area (TPSA) is 68.0 Å². The molecule has 21 heavy (non-hydrogen) atoms. The Labute approximate surface area is 140 Å². The second-order valence-electron chi connectivity index (χ2n) is 3.97. The van der Waals surface area contributed by atoms with Gasteiger partial charge in [-0.2, -0.15) is 0 Å². The number of hydrogen-bond acceptors (Lipinski definition) is 5. The number of carbonyl (C=O) groups excluding carboxylic acids is 1. The summed E-state index contributed by atoms with van der Waals surface area (Å²) < 4.78 is 7.02. The molecule has 0 fully saturated rings. The highest BCUT2D eigenvalue weighted by atomic mass is 79.9. The Bertz CT molecular complexity index is 786. The van der Waals surface area contributed by atoms with Gasteiger partial charge < -0.3 is 4.42 Å². The van der Waals surface area contributed by atoms with Crippen LogP contribution in [0.3, 0.4) is 0 Å². The fourth-order valence-corrected chi connectivity index (χ4v) is 4.42. The second-order valence-corrected chi connectivity index (χ2v) is 7.72. The Morgan fingerprint density at radius 1 is 1.19 bits per heavy atom. The van der Waals surface area contributed by atoms with Crippen LogP contribution >= 0.6 is 43.2 Å². The summed E-state index contributed by atoms with van der Waals surface area (Å²) >= 11 is 8.08. The molecule has 1 N–H and O–H groups in total. The lowest BCUT2D eigenvalue weighted by Crippen LogP contribution is -2.11. The van der Waals surface area contributed by atoms with Crippen LogP contribution in [0.15, 0.2) is 48.4 Å². The van der Waals surface area contributed by atoms with Crippen LogP contribution in [0.2, 0.25) is 0 Å². The first-order valence-corrected chi connectivity index (χ1v) is 8.19. The maximum atomic E-state index is 12.1. The summed E-state index contributed by atoms with van der Waals surface area (Å²) in [4.78, 5) is 12.1. The number of thiophene rings is 1. The fourth-order valence-electron chi connectivity index (χ4n) is 1.63. The molecule has 3 aromatic rings. The predicted octanol–water partition coefficient (Wildman–Crippen LogP) is 4.58. The number of aromatic nitrogens is 2. The first-order valence-electron chi connectivity index (χ1n) is 5.78. The van der Waals surface area contributed by atoms with Gasteiger partial charge in [-0.05, 0) is 50.1 Å². The first kappa shape index (κ1) is 14.4. The SMILES string of the molecule is O=C(Nc1nnc(-c2ccccc2)o1)c1cc(Br)sc1Br. The average Bonchev–Trinajstić information content (AvgIpc) is 3.06. The normalized spacial score (nSPS) is 10.6. The molecule has 0 unspecified atom stereocenters. The van der Waals surface area contributed by atoms with Gasteiger partial charge in [0.1, 0.15) is 0 Å². The number of hydrogen-bond donors (Lipinski definition) is 1. The van der Waals surface area contributed by atoms with E-state index < -0.39 is 0 Å². The van der Waals surface area contributed by atoms with Crippen molar-refractivity contribution in [3.8, 4) is 11.5 Å². The molecule has 8 heteroatoms. The number of nitrogens with one attached hydrogen (secondary N) is 1. The molecule has 0 radical (unpaired) electrons. The largest absolute Gasteiger partial charge is 0.403 e. The van der Waals surface area contributed by atoms with Crippen LogP contribution in [0.1, 0.15) is 10.4 Å². The fraction of sp³-hybridized carbons (Fsp3) is 0. The Morgan fingerprint density at radius 2 is 1.95 bits per heavy atom. The van der Waals surface area contributed by atoms with E-state index in [1.54, 1.807) is 6.07 Å². The number of carbonyl (C=O) groups is 1. The Hall–Kier alpha value is -1.51. The van der Waals surface area contributed by atoms with Gasteiger partial charge in [0.05, 0.1) is 13.1 Å². The van der Waals surface area contributed by atoms with E-state index in [-0.39, 0.29) is 11.9 Å². The van der Waals surface area contributed by atoms with E-state index in [9.17, 15) is 4.79 Å². The molecule has 0 aliphatic carbocycles. The zero-order valence-corrected chi connectivity index (χ0v) is 14.3. The monoisotopic (exact) mass is 427 g/mol. The Balaban J connectivity index is 1.79. The van der Waals surface area contributed by atoms with Gasteiger partial charge >= 0.3 is 6.01 Å². The molecule has 106 valence electrons. The molecule has 5 nitrogen and oxygen atoms in total. The van der Waals surface area contributed by atoms with Gasteiger partial charge in [-0.3, -0.25) is 10.1 Å². The van der Waals surface area contributed by atoms with E-state index >= 15 is 0 Å². The Kier molecular flexibility index (Phi) is 4.18. The molecular weight excluding hydrogens is 422 g/mol. The molecular formula is C13H7Br2N3O2S. The molecule has 0 bridgehead atoms. The maximum absolute atomic E-state index is 12.1. The molecule has 1 aromatic carbocycles. The number of halogens is 2. The lowest BCUT2D eigenvalue weighted by molar-refractivity contribution is 0.102. The molecule has 2 aromatic heterocycles. The third-order valence-electron chi connectivity index (χ3n) is 2.57. The minimum Gasteiger partial charge on any atom is -0.403 e. The van der Waals surface area contributed by atoms with Crippen molar-refractivity contribution in [2.45, 2.75) is 0 Å². The summed E-state index contributed by atoms with van der Waals surface area (Å²) in [6, 6.07) is 11.1. The molecule has 0 atom stereocenters. The van der Waals surface area contributed by atoms with Crippen molar-refractivity contribution in [1.82, 2.24) is 10.2 Å². The van der Waals surface area contributed by atoms with Gasteiger partial charge in [0.25, 0.3) is 5.91 Å². The van der Waals surface area contributed by atoms with Gasteiger partial charge in [0.2, 0.25) is 5.89 Å². The standard InChI is InChI=1S/C13H7Br2N3O2S/c14-9-6-8(10(15)21-9)11(19)16-13-18-17-12(20-13)7-4-2-1-3-5-7/h1-6H,(H,16,18,19). The highest BCUT2D eigenvalue weighted by Crippen LogP contribution is 2.32. The van der Waals surface area contributed by atoms with E-state index in [1.807, 2.05) is 30.3 Å². The van der Waals surface area contributed by atoms with Crippen molar-refractivity contribution in [3.05, 3.63) is 49.5 Å². The van der Waals surface area contributed by atoms with Crippen molar-refractivity contribution in [2.24, 2.45) is 0 Å². The number of amides is 1. The molecule has 3 rings (SSSR count). The quantitative estimate of drug-likeness (QED) is 0.663. The van der Waals surface area contributed by atoms with Crippen molar-refractivity contribution in [1.29, 1.82) is 0 Å². The lowest BCUT2D eigenvalue weighted by atomic mass is 10.2. The van der Waals surface area contributed by atoms with Crippen molar-refractivity contribution in [2.75, 3.05) is 5.32 Å². The van der Waals surface area contributed by atoms with E-state index in [4.69, 9.17) is 4.42 Å². The maximum Gasteiger partial charge on any atom is 0.322 e. The van der Waals surface area contributed by atoms with Crippen LogP contribution in [0.5, 0.6) is 0 Å². The minimum atomic E-state index is -0.313. The van der Waals surface area contributed by atoms with Crippen LogP contribution in [0.4, 0.5) is 6.01 Å². The van der Waals surface area contributed by atoms with E-state index in [1.165, 1.54) is 11.3 Å². The zero-order chi connectivity index (χ0) is 14.8. The van der Waals surface area contributed by atoms with Crippen LogP contribution < -0.4 is 5.32 Å². The smallest absolute Gasteiger partial charge is 0.322 e. The summed E-state index contributed by atoms with van der Waals surface area (Å²) in [7, 11) is 0. The third-order valence-corrected chi connectivity index (χ3v) is 4.91. The van der Waals surface area contributed by atoms with Gasteiger partial charge in [-0.15, -0.1) is 16.4 Å². The summed E-state index contributed by atoms with van der Waals surface area (Å²) in [5.41, 5.74) is 1.30. The summed E-state index contributed by atoms with van der Waals surface area (Å²) in [5.74, 6) is 0.0450. The van der Waals surface area contributed by atoms with E-state index in [0.29, 0.717) is 11.5 Å². The highest BCUT2D eigenvalue weighted by Gasteiger charge is 2.17. The second kappa shape index (κ2) is 6.08. The first-order chi connectivity index (χ1) is 10.1. The molecule has 0 aliphatic rings. The molecule has 0 spiro atoms. The van der Waals surface area contributed by atoms with E-state index in [0.717, 1.165) is 13.1 Å². The number of nitrogens with zero attached hydrogens (tertiary/aromatic N) is 2. The van der Waals surface area contributed by atoms with Crippen molar-refractivity contribution >= 4 is 55.1 Å². The minimum absolute atomic E-state index is 0.0630. The molecule has 0 saturated heterocycles. The summed E-state index contributed by atoms with van der Waals surface area (Å²) in [5, 5.41) is 10.3. The number of rotatable bonds is 3. The number of benzene rings is 1. The molecule has 0 aliphatic heterocycles. The summed E-state index contributed by atoms with van der Waals surface area (Å²) in [6.07, 6.45) is 0. The average molecular weight is 429 g/mol. The Morgan fingerprint density at radius 3 is 2.62 bits per heavy atom. The van der Waals surface area contributed by atoms with Crippen LogP contribution in [0, 0.1) is 0 Å². The van der Waals surface area contributed by atoms with Crippen LogP contribution in [0.25, 0.3) is 11.5 Å². The van der Waals surface area contributed by atoms with Crippen LogP contribution in [-0.2, 0) is 0 Å². The third kappa shape index (κ3) is 3.22. The summed E-state index contributed by atoms with van der Waals surface area (Å²) in [6.45, 7) is 0. The molecule has 2 heterocycles. The van der Waals surface area contributed by atoms with Gasteiger partial charge in [-0.25, -0.2) is 0 Å². The van der Waals surface area contributed by atoms with Gasteiger partial charge in [0, 0.05) is 5.56 Å². The van der Waals surface area contributed by atoms with Gasteiger partial charge in [0.15, 0.2) is 0 Å². The number of anilines is 1. The predicted molar refractivity (Wildman–Crippen MR) is 87.4 cm³/mol. The molecule has 1 amide bonds. The zero-order valence-electron chi connectivity index (χ0n) is 10.3. The van der Waals surface area contributed by atoms with Crippen LogP contribution in [-0.4, -0.2) is 16.1 Å². The van der Waals surface area contributed by atoms with Gasteiger partial charge in [-0.1, -0.05) is 23.3 Å². The molecule has 0 saturated carbocycles. The lowest BCUT2D eigenvalue weighted by Gasteiger charge is -1.98. The highest BCUT2D eigenvalue weighted by molar-refractivity contribution is 9.12. The van der Waals surface area contributed by atoms with Crippen molar-refractivity contribution < 1.29 is 9.21 Å².